The van der Waals surface area contributed by atoms with Crippen LogP contribution in [0.4, 0.5) is 0 Å². The molecule has 6 nitrogen and oxygen atoms in total. The molecule has 0 aromatic heterocycles. The topological polar surface area (TPSA) is 66.9 Å². The number of aryl methyl sites for hydroxylation is 1. The molecule has 1 aliphatic heterocycles. The lowest BCUT2D eigenvalue weighted by Crippen LogP contribution is -2.39. The zero-order valence-corrected chi connectivity index (χ0v) is 15.2. The number of para-hydroxylation sites is 1. The van der Waals surface area contributed by atoms with E-state index in [1.807, 2.05) is 38.1 Å². The van der Waals surface area contributed by atoms with E-state index in [4.69, 9.17) is 4.74 Å². The predicted octanol–water partition coefficient (Wildman–Crippen LogP) is 1.65. The summed E-state index contributed by atoms with van der Waals surface area (Å²) in [5.41, 5.74) is 0.984. The number of ether oxygens (including phenoxy) is 1. The van der Waals surface area contributed by atoms with E-state index in [2.05, 4.69) is 0 Å². The zero-order chi connectivity index (χ0) is 17.6. The maximum absolute atomic E-state index is 12.4. The van der Waals surface area contributed by atoms with E-state index in [9.17, 15) is 13.2 Å². The number of nitrogens with zero attached hydrogens (tertiary/aromatic N) is 2. The third-order valence-corrected chi connectivity index (χ3v) is 6.18. The van der Waals surface area contributed by atoms with Gasteiger partial charge in [-0.2, -0.15) is 0 Å². The van der Waals surface area contributed by atoms with Crippen molar-refractivity contribution in [2.75, 3.05) is 38.5 Å². The molecule has 0 saturated carbocycles. The van der Waals surface area contributed by atoms with Crippen molar-refractivity contribution < 1.29 is 17.9 Å². The fraction of sp³-hybridized carbons (Fsp3) is 0.588. The molecule has 1 saturated heterocycles. The van der Waals surface area contributed by atoms with Crippen molar-refractivity contribution in [3.05, 3.63) is 29.8 Å². The quantitative estimate of drug-likeness (QED) is 0.779. The van der Waals surface area contributed by atoms with Crippen LogP contribution in [0.5, 0.6) is 5.75 Å². The summed E-state index contributed by atoms with van der Waals surface area (Å²) >= 11 is 0. The SMILES string of the molecule is CCCS(=O)(=O)N1CCCN(C(=O)COc2ccccc2C)CC1. The molecule has 0 bridgehead atoms. The third kappa shape index (κ3) is 4.95. The van der Waals surface area contributed by atoms with Crippen molar-refractivity contribution in [2.45, 2.75) is 26.7 Å². The van der Waals surface area contributed by atoms with Crippen LogP contribution in [0.2, 0.25) is 0 Å². The number of carbonyl (C=O) groups excluding carboxylic acids is 1. The van der Waals surface area contributed by atoms with Gasteiger partial charge in [0.15, 0.2) is 6.61 Å². The first-order valence-electron chi connectivity index (χ1n) is 8.38. The lowest BCUT2D eigenvalue weighted by Gasteiger charge is -2.22. The highest BCUT2D eigenvalue weighted by atomic mass is 32.2. The van der Waals surface area contributed by atoms with Crippen LogP contribution < -0.4 is 4.74 Å². The normalized spacial score (nSPS) is 16.7. The van der Waals surface area contributed by atoms with Gasteiger partial charge in [0.2, 0.25) is 10.0 Å². The first kappa shape index (κ1) is 18.7. The monoisotopic (exact) mass is 354 g/mol. The highest BCUT2D eigenvalue weighted by Crippen LogP contribution is 2.16. The zero-order valence-electron chi connectivity index (χ0n) is 14.4. The molecule has 0 unspecified atom stereocenters. The molecule has 0 N–H and O–H groups in total. The van der Waals surface area contributed by atoms with Gasteiger partial charge in [0.25, 0.3) is 5.91 Å². The molecule has 1 heterocycles. The van der Waals surface area contributed by atoms with E-state index in [0.29, 0.717) is 44.8 Å². The number of carbonyl (C=O) groups is 1. The summed E-state index contributed by atoms with van der Waals surface area (Å²) in [5.74, 6) is 0.762. The van der Waals surface area contributed by atoms with Gasteiger partial charge in [0.1, 0.15) is 5.75 Å². The summed E-state index contributed by atoms with van der Waals surface area (Å²) in [6.07, 6.45) is 1.25. The van der Waals surface area contributed by atoms with Crippen molar-refractivity contribution in [1.82, 2.24) is 9.21 Å². The van der Waals surface area contributed by atoms with Crippen molar-refractivity contribution >= 4 is 15.9 Å². The van der Waals surface area contributed by atoms with Crippen molar-refractivity contribution in [3.63, 3.8) is 0 Å². The third-order valence-electron chi connectivity index (χ3n) is 4.11. The van der Waals surface area contributed by atoms with Crippen molar-refractivity contribution in [1.29, 1.82) is 0 Å². The first-order valence-corrected chi connectivity index (χ1v) is 9.99. The summed E-state index contributed by atoms with van der Waals surface area (Å²) < 4.78 is 31.4. The summed E-state index contributed by atoms with van der Waals surface area (Å²) in [6.45, 7) is 5.58. The molecular formula is C17H26N2O4S. The van der Waals surface area contributed by atoms with Gasteiger partial charge in [-0.25, -0.2) is 12.7 Å². The largest absolute Gasteiger partial charge is 0.484 e. The lowest BCUT2D eigenvalue weighted by molar-refractivity contribution is -0.133. The molecule has 0 atom stereocenters. The number of sulfonamides is 1. The van der Waals surface area contributed by atoms with Crippen LogP contribution in [0.15, 0.2) is 24.3 Å². The Balaban J connectivity index is 1.89. The minimum atomic E-state index is -3.20. The Hall–Kier alpha value is -1.60. The van der Waals surface area contributed by atoms with Gasteiger partial charge < -0.3 is 9.64 Å². The maximum Gasteiger partial charge on any atom is 0.260 e. The van der Waals surface area contributed by atoms with Crippen LogP contribution in [0, 0.1) is 6.92 Å². The van der Waals surface area contributed by atoms with Crippen LogP contribution in [-0.4, -0.2) is 62.1 Å². The van der Waals surface area contributed by atoms with E-state index in [1.54, 1.807) is 4.90 Å². The lowest BCUT2D eigenvalue weighted by atomic mass is 10.2. The van der Waals surface area contributed by atoms with Crippen LogP contribution >= 0.6 is 0 Å². The number of rotatable bonds is 6. The van der Waals surface area contributed by atoms with E-state index in [1.165, 1.54) is 4.31 Å². The molecule has 1 amide bonds. The molecule has 0 aliphatic carbocycles. The summed E-state index contributed by atoms with van der Waals surface area (Å²) in [5, 5.41) is 0. The van der Waals surface area contributed by atoms with Crippen LogP contribution in [-0.2, 0) is 14.8 Å². The van der Waals surface area contributed by atoms with Crippen molar-refractivity contribution in [2.24, 2.45) is 0 Å². The highest BCUT2D eigenvalue weighted by Gasteiger charge is 2.26. The van der Waals surface area contributed by atoms with Crippen molar-refractivity contribution in [3.8, 4) is 5.75 Å². The Morgan fingerprint density at radius 3 is 2.62 bits per heavy atom. The molecule has 2 rings (SSSR count). The molecule has 1 aliphatic rings. The average Bonchev–Trinajstić information content (AvgIpc) is 2.80. The van der Waals surface area contributed by atoms with E-state index < -0.39 is 10.0 Å². The fourth-order valence-electron chi connectivity index (χ4n) is 2.76. The second-order valence-corrected chi connectivity index (χ2v) is 8.09. The van der Waals surface area contributed by atoms with Crippen LogP contribution in [0.25, 0.3) is 0 Å². The second-order valence-electron chi connectivity index (χ2n) is 6.00. The van der Waals surface area contributed by atoms with Gasteiger partial charge in [-0.3, -0.25) is 4.79 Å². The average molecular weight is 354 g/mol. The number of hydrogen-bond donors (Lipinski definition) is 0. The van der Waals surface area contributed by atoms with E-state index in [-0.39, 0.29) is 18.3 Å². The molecular weight excluding hydrogens is 328 g/mol. The molecule has 1 aromatic carbocycles. The first-order chi connectivity index (χ1) is 11.4. The number of hydrogen-bond acceptors (Lipinski definition) is 4. The minimum Gasteiger partial charge on any atom is -0.484 e. The molecule has 1 fully saturated rings. The smallest absolute Gasteiger partial charge is 0.260 e. The Kier molecular flexibility index (Phi) is 6.62. The Morgan fingerprint density at radius 2 is 1.92 bits per heavy atom. The molecule has 24 heavy (non-hydrogen) atoms. The number of benzene rings is 1. The van der Waals surface area contributed by atoms with Crippen LogP contribution in [0.3, 0.4) is 0 Å². The Morgan fingerprint density at radius 1 is 1.17 bits per heavy atom. The minimum absolute atomic E-state index is 0.0213. The standard InChI is InChI=1S/C17H26N2O4S/c1-3-13-24(21,22)19-10-6-9-18(11-12-19)17(20)14-23-16-8-5-4-7-15(16)2/h4-5,7-8H,3,6,9-14H2,1-2H3. The number of amides is 1. The van der Waals surface area contributed by atoms with Gasteiger partial charge in [0, 0.05) is 26.2 Å². The summed E-state index contributed by atoms with van der Waals surface area (Å²) in [7, 11) is -3.20. The highest BCUT2D eigenvalue weighted by molar-refractivity contribution is 7.89. The van der Waals surface area contributed by atoms with Crippen LogP contribution in [0.1, 0.15) is 25.3 Å². The molecule has 1 aromatic rings. The van der Waals surface area contributed by atoms with Gasteiger partial charge in [-0.15, -0.1) is 0 Å². The predicted molar refractivity (Wildman–Crippen MR) is 93.5 cm³/mol. The van der Waals surface area contributed by atoms with Gasteiger partial charge in [-0.05, 0) is 31.4 Å². The Labute approximate surface area is 144 Å². The van der Waals surface area contributed by atoms with Gasteiger partial charge in [-0.1, -0.05) is 25.1 Å². The van der Waals surface area contributed by atoms with Gasteiger partial charge in [0.05, 0.1) is 5.75 Å². The van der Waals surface area contributed by atoms with E-state index in [0.717, 1.165) is 5.56 Å². The van der Waals surface area contributed by atoms with E-state index >= 15 is 0 Å². The maximum atomic E-state index is 12.4. The fourth-order valence-corrected chi connectivity index (χ4v) is 4.30. The molecule has 0 radical (unpaired) electrons. The molecule has 134 valence electrons. The summed E-state index contributed by atoms with van der Waals surface area (Å²) in [6, 6.07) is 7.56. The molecule has 0 spiro atoms. The Bertz CT molecular complexity index is 660. The summed E-state index contributed by atoms with van der Waals surface area (Å²) in [4.78, 5) is 14.0. The molecule has 7 heteroatoms. The van der Waals surface area contributed by atoms with Gasteiger partial charge >= 0.3 is 0 Å². The second kappa shape index (κ2) is 8.48.